The van der Waals surface area contributed by atoms with E-state index < -0.39 is 21.8 Å². The fraction of sp³-hybridized carbons (Fsp3) is 0.462. The lowest BCUT2D eigenvalue weighted by atomic mass is 9.89. The van der Waals surface area contributed by atoms with Crippen molar-refractivity contribution >= 4 is 21.8 Å². The number of carbonyl (C=O) groups excluding carboxylic acids is 2. The smallest absolute Gasteiger partial charge is 0.251 e. The van der Waals surface area contributed by atoms with Gasteiger partial charge in [-0.05, 0) is 55.5 Å². The molecule has 2 fully saturated rings. The Labute approximate surface area is 206 Å². The highest BCUT2D eigenvalue weighted by Gasteiger charge is 2.35. The summed E-state index contributed by atoms with van der Waals surface area (Å²) in [4.78, 5) is 25.8. The number of benzene rings is 2. The lowest BCUT2D eigenvalue weighted by Gasteiger charge is -2.36. The molecule has 2 aliphatic rings. The third-order valence-corrected chi connectivity index (χ3v) is 8.67. The minimum absolute atomic E-state index is 0.0811. The molecule has 1 aliphatic carbocycles. The molecule has 35 heavy (non-hydrogen) atoms. The maximum absolute atomic E-state index is 13.2. The molecule has 0 bridgehead atoms. The van der Waals surface area contributed by atoms with Crippen molar-refractivity contribution in [2.75, 3.05) is 13.1 Å². The van der Waals surface area contributed by atoms with E-state index in [4.69, 9.17) is 0 Å². The number of piperidine rings is 1. The molecule has 1 heterocycles. The van der Waals surface area contributed by atoms with Gasteiger partial charge in [0, 0.05) is 30.7 Å². The van der Waals surface area contributed by atoms with E-state index in [0.717, 1.165) is 31.2 Å². The van der Waals surface area contributed by atoms with Crippen LogP contribution in [0.1, 0.15) is 54.4 Å². The van der Waals surface area contributed by atoms with Crippen molar-refractivity contribution in [3.05, 3.63) is 71.5 Å². The van der Waals surface area contributed by atoms with Crippen molar-refractivity contribution in [1.82, 2.24) is 14.9 Å². The third kappa shape index (κ3) is 6.67. The van der Waals surface area contributed by atoms with E-state index in [-0.39, 0.29) is 36.2 Å². The zero-order chi connectivity index (χ0) is 24.8. The molecule has 7 nitrogen and oxygen atoms in total. The number of amides is 2. The van der Waals surface area contributed by atoms with E-state index in [0.29, 0.717) is 24.9 Å². The van der Waals surface area contributed by atoms with Gasteiger partial charge in [-0.1, -0.05) is 43.2 Å². The first kappa shape index (κ1) is 25.3. The Kier molecular flexibility index (Phi) is 8.18. The van der Waals surface area contributed by atoms with Gasteiger partial charge in [0.15, 0.2) is 0 Å². The van der Waals surface area contributed by atoms with E-state index in [1.165, 1.54) is 28.6 Å². The Bertz CT molecular complexity index is 1130. The van der Waals surface area contributed by atoms with Crippen molar-refractivity contribution in [2.24, 2.45) is 5.92 Å². The second kappa shape index (κ2) is 11.3. The van der Waals surface area contributed by atoms with Crippen molar-refractivity contribution < 1.29 is 22.4 Å². The molecule has 0 spiro atoms. The highest BCUT2D eigenvalue weighted by atomic mass is 32.2. The van der Waals surface area contributed by atoms with E-state index in [9.17, 15) is 22.4 Å². The number of carbonyl (C=O) groups is 2. The molecule has 0 unspecified atom stereocenters. The number of sulfonamides is 1. The topological polar surface area (TPSA) is 95.6 Å². The average molecular weight is 502 g/mol. The molecule has 2 amide bonds. The maximum atomic E-state index is 13.2. The summed E-state index contributed by atoms with van der Waals surface area (Å²) in [7, 11) is -3.53. The van der Waals surface area contributed by atoms with Gasteiger partial charge >= 0.3 is 0 Å². The van der Waals surface area contributed by atoms with Crippen molar-refractivity contribution in [3.63, 3.8) is 0 Å². The molecule has 0 radical (unpaired) electrons. The van der Waals surface area contributed by atoms with Crippen LogP contribution in [-0.4, -0.2) is 49.7 Å². The lowest BCUT2D eigenvalue weighted by molar-refractivity contribution is -0.127. The summed E-state index contributed by atoms with van der Waals surface area (Å²) in [6.07, 6.45) is 4.61. The molecule has 2 aromatic rings. The molecule has 3 atom stereocenters. The van der Waals surface area contributed by atoms with Crippen LogP contribution in [-0.2, 0) is 20.6 Å². The first-order valence-corrected chi connectivity index (χ1v) is 13.8. The van der Waals surface area contributed by atoms with Crippen molar-refractivity contribution in [2.45, 2.75) is 56.4 Å². The largest absolute Gasteiger partial charge is 0.351 e. The van der Waals surface area contributed by atoms with E-state index in [1.54, 1.807) is 12.1 Å². The molecule has 1 aliphatic heterocycles. The van der Waals surface area contributed by atoms with Crippen LogP contribution in [0.15, 0.2) is 54.6 Å². The average Bonchev–Trinajstić information content (AvgIpc) is 2.86. The Morgan fingerprint density at radius 3 is 2.23 bits per heavy atom. The lowest BCUT2D eigenvalue weighted by Crippen LogP contribution is -2.55. The SMILES string of the molecule is O=C(N[C@@H]1CCCC[C@H]1NC(=O)[C@@H]1CCCN(S(=O)(=O)Cc2ccccc2)C1)c1ccc(F)cc1. The Morgan fingerprint density at radius 1 is 0.886 bits per heavy atom. The Hall–Kier alpha value is -2.78. The molecule has 188 valence electrons. The molecule has 2 aromatic carbocycles. The predicted molar refractivity (Wildman–Crippen MR) is 131 cm³/mol. The van der Waals surface area contributed by atoms with Gasteiger partial charge in [0.05, 0.1) is 11.7 Å². The molecule has 1 saturated carbocycles. The van der Waals surface area contributed by atoms with Crippen LogP contribution < -0.4 is 10.6 Å². The van der Waals surface area contributed by atoms with Crippen LogP contribution in [0.2, 0.25) is 0 Å². The third-order valence-electron chi connectivity index (χ3n) is 6.86. The fourth-order valence-corrected chi connectivity index (χ4v) is 6.53. The van der Waals surface area contributed by atoms with Gasteiger partial charge in [-0.2, -0.15) is 0 Å². The van der Waals surface area contributed by atoms with Crippen LogP contribution in [0.3, 0.4) is 0 Å². The minimum atomic E-state index is -3.53. The molecule has 2 N–H and O–H groups in total. The van der Waals surface area contributed by atoms with Gasteiger partial charge in [0.25, 0.3) is 5.91 Å². The molecular formula is C26H32FN3O4S. The summed E-state index contributed by atoms with van der Waals surface area (Å²) in [5, 5.41) is 6.08. The van der Waals surface area contributed by atoms with Gasteiger partial charge < -0.3 is 10.6 Å². The Balaban J connectivity index is 1.36. The zero-order valence-electron chi connectivity index (χ0n) is 19.7. The molecule has 9 heteroatoms. The van der Waals surface area contributed by atoms with Crippen LogP contribution in [0.5, 0.6) is 0 Å². The quantitative estimate of drug-likeness (QED) is 0.609. The van der Waals surface area contributed by atoms with Gasteiger partial charge in [-0.15, -0.1) is 0 Å². The summed E-state index contributed by atoms with van der Waals surface area (Å²) in [5.41, 5.74) is 1.09. The second-order valence-electron chi connectivity index (χ2n) is 9.43. The van der Waals surface area contributed by atoms with E-state index in [1.807, 2.05) is 18.2 Å². The van der Waals surface area contributed by atoms with Gasteiger partial charge in [-0.25, -0.2) is 17.1 Å². The second-order valence-corrected chi connectivity index (χ2v) is 11.4. The van der Waals surface area contributed by atoms with Crippen LogP contribution in [0.4, 0.5) is 4.39 Å². The standard InChI is InChI=1S/C26H32FN3O4S/c27-22-14-12-20(13-15-22)25(31)28-23-10-4-5-11-24(23)29-26(32)21-9-6-16-30(17-21)35(33,34)18-19-7-2-1-3-8-19/h1-3,7-8,12-15,21,23-24H,4-6,9-11,16-18H2,(H,28,31)(H,29,32)/t21-,23-,24-/m1/s1. The maximum Gasteiger partial charge on any atom is 0.251 e. The van der Waals surface area contributed by atoms with Gasteiger partial charge in [-0.3, -0.25) is 9.59 Å². The predicted octanol–water partition coefficient (Wildman–Crippen LogP) is 3.22. The highest BCUT2D eigenvalue weighted by Crippen LogP contribution is 2.24. The van der Waals surface area contributed by atoms with E-state index in [2.05, 4.69) is 10.6 Å². The normalized spacial score (nSPS) is 23.4. The molecular weight excluding hydrogens is 469 g/mol. The van der Waals surface area contributed by atoms with Crippen molar-refractivity contribution in [3.8, 4) is 0 Å². The van der Waals surface area contributed by atoms with Crippen molar-refractivity contribution in [1.29, 1.82) is 0 Å². The summed E-state index contributed by atoms with van der Waals surface area (Å²) in [5.74, 6) is -1.38. The van der Waals surface area contributed by atoms with Crippen LogP contribution in [0.25, 0.3) is 0 Å². The number of hydrogen-bond donors (Lipinski definition) is 2. The summed E-state index contributed by atoms with van der Waals surface area (Å²) < 4.78 is 40.5. The number of nitrogens with zero attached hydrogens (tertiary/aromatic N) is 1. The Morgan fingerprint density at radius 2 is 1.54 bits per heavy atom. The van der Waals surface area contributed by atoms with Gasteiger partial charge in [0.2, 0.25) is 15.9 Å². The van der Waals surface area contributed by atoms with E-state index >= 15 is 0 Å². The monoisotopic (exact) mass is 501 g/mol. The van der Waals surface area contributed by atoms with Crippen LogP contribution in [0, 0.1) is 11.7 Å². The fourth-order valence-electron chi connectivity index (χ4n) is 4.92. The zero-order valence-corrected chi connectivity index (χ0v) is 20.5. The number of halogens is 1. The summed E-state index contributed by atoms with van der Waals surface area (Å²) in [6.45, 7) is 0.582. The molecule has 4 rings (SSSR count). The van der Waals surface area contributed by atoms with Crippen LogP contribution >= 0.6 is 0 Å². The number of rotatable bonds is 7. The first-order chi connectivity index (χ1) is 16.8. The minimum Gasteiger partial charge on any atom is -0.351 e. The molecule has 1 saturated heterocycles. The number of hydrogen-bond acceptors (Lipinski definition) is 4. The molecule has 0 aromatic heterocycles. The van der Waals surface area contributed by atoms with Gasteiger partial charge in [0.1, 0.15) is 5.82 Å². The summed E-state index contributed by atoms with van der Waals surface area (Å²) in [6, 6.07) is 14.0. The number of nitrogens with one attached hydrogen (secondary N) is 2. The first-order valence-electron chi connectivity index (χ1n) is 12.2. The highest BCUT2D eigenvalue weighted by molar-refractivity contribution is 7.88. The summed E-state index contributed by atoms with van der Waals surface area (Å²) >= 11 is 0.